The van der Waals surface area contributed by atoms with Crippen LogP contribution < -0.4 is 9.47 Å². The quantitative estimate of drug-likeness (QED) is 0.602. The fourth-order valence-corrected chi connectivity index (χ4v) is 2.19. The minimum Gasteiger partial charge on any atom is -0.493 e. The predicted octanol–water partition coefficient (Wildman–Crippen LogP) is 4.18. The van der Waals surface area contributed by atoms with E-state index in [4.69, 9.17) is 9.47 Å². The minimum absolute atomic E-state index is 0.357. The number of unbranched alkanes of at least 4 members (excludes halogenated alkanes) is 3. The number of aryl methyl sites for hydroxylation is 1. The number of rotatable bonds is 10. The smallest absolute Gasteiger partial charge is 0.160 e. The molecule has 0 atom stereocenters. The lowest BCUT2D eigenvalue weighted by Crippen LogP contribution is -2.01. The summed E-state index contributed by atoms with van der Waals surface area (Å²) in [4.78, 5) is 11.8. The normalized spacial score (nSPS) is 10.3. The van der Waals surface area contributed by atoms with Crippen LogP contribution in [-0.4, -0.2) is 20.0 Å². The second-order valence-electron chi connectivity index (χ2n) is 5.04. The molecule has 0 aliphatic carbocycles. The molecule has 1 aromatic carbocycles. The number of hydrogen-bond donors (Lipinski definition) is 0. The maximum atomic E-state index is 11.8. The largest absolute Gasteiger partial charge is 0.493 e. The van der Waals surface area contributed by atoms with Gasteiger partial charge in [-0.05, 0) is 30.5 Å². The van der Waals surface area contributed by atoms with Crippen LogP contribution in [0.4, 0.5) is 0 Å². The Hall–Kier alpha value is -1.51. The van der Waals surface area contributed by atoms with E-state index in [2.05, 4.69) is 6.92 Å². The third-order valence-electron chi connectivity index (χ3n) is 3.45. The van der Waals surface area contributed by atoms with Crippen LogP contribution in [0, 0.1) is 0 Å². The van der Waals surface area contributed by atoms with Gasteiger partial charge in [0.15, 0.2) is 11.5 Å². The van der Waals surface area contributed by atoms with Crippen molar-refractivity contribution in [3.05, 3.63) is 23.8 Å². The van der Waals surface area contributed by atoms with Crippen molar-refractivity contribution in [2.75, 3.05) is 14.2 Å². The van der Waals surface area contributed by atoms with Gasteiger partial charge in [-0.1, -0.05) is 32.3 Å². The van der Waals surface area contributed by atoms with E-state index in [1.54, 1.807) is 14.2 Å². The van der Waals surface area contributed by atoms with Gasteiger partial charge in [0.2, 0.25) is 0 Å². The Morgan fingerprint density at radius 1 is 1.00 bits per heavy atom. The number of ether oxygens (including phenoxy) is 2. The van der Waals surface area contributed by atoms with Crippen molar-refractivity contribution in [3.8, 4) is 11.5 Å². The summed E-state index contributed by atoms with van der Waals surface area (Å²) in [6.07, 6.45) is 6.72. The van der Waals surface area contributed by atoms with Crippen LogP contribution in [0.1, 0.15) is 51.0 Å². The summed E-state index contributed by atoms with van der Waals surface area (Å²) in [6.45, 7) is 2.18. The van der Waals surface area contributed by atoms with E-state index in [1.807, 2.05) is 18.2 Å². The molecule has 20 heavy (non-hydrogen) atoms. The number of carbonyl (C=O) groups is 1. The van der Waals surface area contributed by atoms with E-state index in [-0.39, 0.29) is 0 Å². The highest BCUT2D eigenvalue weighted by Gasteiger charge is 2.07. The Bertz CT molecular complexity index is 413. The molecular formula is C17H26O3. The van der Waals surface area contributed by atoms with E-state index < -0.39 is 0 Å². The zero-order valence-corrected chi connectivity index (χ0v) is 12.9. The first kappa shape index (κ1) is 16.5. The first-order valence-corrected chi connectivity index (χ1v) is 7.43. The van der Waals surface area contributed by atoms with Crippen molar-refractivity contribution in [1.82, 2.24) is 0 Å². The zero-order valence-electron chi connectivity index (χ0n) is 12.9. The lowest BCUT2D eigenvalue weighted by atomic mass is 10.0. The number of Topliss-reactive ketones (excluding diaryl/α,β-unsaturated/α-hetero) is 1. The molecule has 3 nitrogen and oxygen atoms in total. The molecule has 112 valence electrons. The average molecular weight is 278 g/mol. The highest BCUT2D eigenvalue weighted by atomic mass is 16.5. The van der Waals surface area contributed by atoms with Crippen molar-refractivity contribution in [2.45, 2.75) is 51.9 Å². The van der Waals surface area contributed by atoms with E-state index in [0.29, 0.717) is 18.6 Å². The zero-order chi connectivity index (χ0) is 14.8. The summed E-state index contributed by atoms with van der Waals surface area (Å²) in [5.41, 5.74) is 1.12. The third kappa shape index (κ3) is 5.64. The van der Waals surface area contributed by atoms with Gasteiger partial charge < -0.3 is 9.47 Å². The molecule has 0 radical (unpaired) electrons. The Morgan fingerprint density at radius 2 is 1.75 bits per heavy atom. The minimum atomic E-state index is 0.357. The van der Waals surface area contributed by atoms with E-state index in [1.165, 1.54) is 19.3 Å². The molecule has 1 rings (SSSR count). The maximum Gasteiger partial charge on any atom is 0.160 e. The number of ketones is 1. The van der Waals surface area contributed by atoms with Gasteiger partial charge in [0, 0.05) is 12.8 Å². The molecule has 0 bridgehead atoms. The van der Waals surface area contributed by atoms with Crippen LogP contribution in [0.15, 0.2) is 18.2 Å². The van der Waals surface area contributed by atoms with E-state index in [9.17, 15) is 4.79 Å². The van der Waals surface area contributed by atoms with Crippen molar-refractivity contribution < 1.29 is 14.3 Å². The van der Waals surface area contributed by atoms with Gasteiger partial charge in [-0.2, -0.15) is 0 Å². The molecule has 1 aromatic rings. The van der Waals surface area contributed by atoms with Gasteiger partial charge in [0.25, 0.3) is 0 Å². The van der Waals surface area contributed by atoms with Crippen molar-refractivity contribution in [3.63, 3.8) is 0 Å². The van der Waals surface area contributed by atoms with Crippen LogP contribution >= 0.6 is 0 Å². The van der Waals surface area contributed by atoms with Gasteiger partial charge in [-0.25, -0.2) is 0 Å². The first-order valence-electron chi connectivity index (χ1n) is 7.43. The molecule has 0 unspecified atom stereocenters. The number of benzene rings is 1. The topological polar surface area (TPSA) is 35.5 Å². The van der Waals surface area contributed by atoms with Gasteiger partial charge in [-0.3, -0.25) is 4.79 Å². The number of methoxy groups -OCH3 is 2. The Morgan fingerprint density at radius 3 is 2.40 bits per heavy atom. The maximum absolute atomic E-state index is 11.8. The van der Waals surface area contributed by atoms with Crippen LogP contribution in [0.25, 0.3) is 0 Å². The molecule has 0 saturated carbocycles. The molecular weight excluding hydrogens is 252 g/mol. The second-order valence-corrected chi connectivity index (χ2v) is 5.04. The molecule has 0 saturated heterocycles. The van der Waals surface area contributed by atoms with Gasteiger partial charge in [-0.15, -0.1) is 0 Å². The van der Waals surface area contributed by atoms with E-state index >= 15 is 0 Å². The van der Waals surface area contributed by atoms with Crippen LogP contribution in [0.3, 0.4) is 0 Å². The first-order chi connectivity index (χ1) is 9.71. The van der Waals surface area contributed by atoms with E-state index in [0.717, 1.165) is 29.9 Å². The Balaban J connectivity index is 2.39. The van der Waals surface area contributed by atoms with Crippen molar-refractivity contribution in [1.29, 1.82) is 0 Å². The summed E-state index contributed by atoms with van der Waals surface area (Å²) in [6, 6.07) is 5.83. The number of hydrogen-bond acceptors (Lipinski definition) is 3. The lowest BCUT2D eigenvalue weighted by molar-refractivity contribution is -0.119. The molecule has 0 aliphatic rings. The third-order valence-corrected chi connectivity index (χ3v) is 3.45. The summed E-state index contributed by atoms with van der Waals surface area (Å²) in [5, 5.41) is 0. The van der Waals surface area contributed by atoms with Crippen LogP contribution in [-0.2, 0) is 11.2 Å². The lowest BCUT2D eigenvalue weighted by Gasteiger charge is -2.09. The number of carbonyl (C=O) groups excluding carboxylic acids is 1. The highest BCUT2D eigenvalue weighted by molar-refractivity contribution is 5.78. The predicted molar refractivity (Wildman–Crippen MR) is 81.6 cm³/mol. The average Bonchev–Trinajstić information content (AvgIpc) is 2.49. The van der Waals surface area contributed by atoms with Crippen LogP contribution in [0.2, 0.25) is 0 Å². The molecule has 0 fully saturated rings. The highest BCUT2D eigenvalue weighted by Crippen LogP contribution is 2.28. The molecule has 0 aliphatic heterocycles. The summed E-state index contributed by atoms with van der Waals surface area (Å²) in [7, 11) is 3.25. The monoisotopic (exact) mass is 278 g/mol. The Kier molecular flexibility index (Phi) is 7.78. The molecule has 0 spiro atoms. The molecule has 0 amide bonds. The van der Waals surface area contributed by atoms with Crippen molar-refractivity contribution in [2.24, 2.45) is 0 Å². The van der Waals surface area contributed by atoms with Crippen LogP contribution in [0.5, 0.6) is 11.5 Å². The summed E-state index contributed by atoms with van der Waals surface area (Å²) < 4.78 is 10.5. The molecule has 0 N–H and O–H groups in total. The second kappa shape index (κ2) is 9.40. The summed E-state index contributed by atoms with van der Waals surface area (Å²) in [5.74, 6) is 1.80. The fraction of sp³-hybridized carbons (Fsp3) is 0.588. The molecule has 0 heterocycles. The van der Waals surface area contributed by atoms with Crippen molar-refractivity contribution >= 4 is 5.78 Å². The SMILES string of the molecule is CCCCCCC(=O)CCc1ccc(OC)c(OC)c1. The standard InChI is InChI=1S/C17H26O3/c1-4-5-6-7-8-15(18)11-9-14-10-12-16(19-2)17(13-14)20-3/h10,12-13H,4-9,11H2,1-3H3. The summed E-state index contributed by atoms with van der Waals surface area (Å²) >= 11 is 0. The molecule has 3 heteroatoms. The van der Waals surface area contributed by atoms with Gasteiger partial charge >= 0.3 is 0 Å². The van der Waals surface area contributed by atoms with Gasteiger partial charge in [0.1, 0.15) is 5.78 Å². The Labute approximate surface area is 122 Å². The fourth-order valence-electron chi connectivity index (χ4n) is 2.19. The van der Waals surface area contributed by atoms with Gasteiger partial charge in [0.05, 0.1) is 14.2 Å². The molecule has 0 aromatic heterocycles.